The van der Waals surface area contributed by atoms with Crippen molar-refractivity contribution in [3.8, 4) is 0 Å². The fourth-order valence-electron chi connectivity index (χ4n) is 2.90. The van der Waals surface area contributed by atoms with Crippen LogP contribution in [0.3, 0.4) is 0 Å². The highest BCUT2D eigenvalue weighted by atomic mass is 16.1. The summed E-state index contributed by atoms with van der Waals surface area (Å²) in [6.45, 7) is 6.95. The first-order chi connectivity index (χ1) is 10.5. The maximum atomic E-state index is 10.8. The number of carbonyl (C=O) groups is 1. The summed E-state index contributed by atoms with van der Waals surface area (Å²) in [7, 11) is 0. The predicted molar refractivity (Wildman–Crippen MR) is 94.2 cm³/mol. The Kier molecular flexibility index (Phi) is 5.76. The first-order valence-corrected chi connectivity index (χ1v) is 8.49. The largest absolute Gasteiger partial charge is 0.298 e. The van der Waals surface area contributed by atoms with E-state index in [1.807, 2.05) is 12.1 Å². The van der Waals surface area contributed by atoms with Gasteiger partial charge in [-0.3, -0.25) is 4.79 Å². The molecule has 1 heteroatoms. The predicted octanol–water partition coefficient (Wildman–Crippen LogP) is 5.90. The number of hydrogen-bond donors (Lipinski definition) is 0. The van der Waals surface area contributed by atoms with Crippen LogP contribution in [0.25, 0.3) is 0 Å². The molecule has 0 N–H and O–H groups in total. The second kappa shape index (κ2) is 7.58. The van der Waals surface area contributed by atoms with Crippen LogP contribution in [-0.4, -0.2) is 6.29 Å². The highest BCUT2D eigenvalue weighted by Gasteiger charge is 2.20. The Labute approximate surface area is 135 Å². The van der Waals surface area contributed by atoms with Crippen LogP contribution in [-0.2, 0) is 6.42 Å². The van der Waals surface area contributed by atoms with E-state index in [0.717, 1.165) is 24.7 Å². The van der Waals surface area contributed by atoms with E-state index in [-0.39, 0.29) is 5.41 Å². The smallest absolute Gasteiger partial charge is 0.150 e. The first kappa shape index (κ1) is 16.7. The Hall–Kier alpha value is -1.63. The molecule has 1 aromatic rings. The molecular weight excluding hydrogens is 268 g/mol. The number of aldehydes is 1. The molecule has 118 valence electrons. The van der Waals surface area contributed by atoms with E-state index >= 15 is 0 Å². The lowest BCUT2D eigenvalue weighted by Crippen LogP contribution is -2.13. The van der Waals surface area contributed by atoms with Crippen LogP contribution in [0.15, 0.2) is 47.6 Å². The van der Waals surface area contributed by atoms with Gasteiger partial charge >= 0.3 is 0 Å². The second-order valence-corrected chi connectivity index (χ2v) is 6.98. The third-order valence-electron chi connectivity index (χ3n) is 4.89. The van der Waals surface area contributed by atoms with Crippen LogP contribution in [0.5, 0.6) is 0 Å². The van der Waals surface area contributed by atoms with Crippen molar-refractivity contribution in [1.82, 2.24) is 0 Å². The van der Waals surface area contributed by atoms with Gasteiger partial charge in [0, 0.05) is 5.56 Å². The van der Waals surface area contributed by atoms with Gasteiger partial charge < -0.3 is 0 Å². The SMILES string of the molecule is CCC(C)(C)C1=CCCCCC(Cc2ccc(C=O)cc2)=C1. The molecule has 2 rings (SSSR count). The number of allylic oxidation sites excluding steroid dienone is 4. The van der Waals surface area contributed by atoms with Gasteiger partial charge in [-0.15, -0.1) is 0 Å². The summed E-state index contributed by atoms with van der Waals surface area (Å²) in [6.07, 6.45) is 12.9. The Morgan fingerprint density at radius 3 is 2.50 bits per heavy atom. The highest BCUT2D eigenvalue weighted by Crippen LogP contribution is 2.34. The van der Waals surface area contributed by atoms with Gasteiger partial charge in [0.1, 0.15) is 6.29 Å². The molecule has 1 aliphatic carbocycles. The van der Waals surface area contributed by atoms with Gasteiger partial charge in [0.15, 0.2) is 0 Å². The molecule has 0 saturated carbocycles. The van der Waals surface area contributed by atoms with Gasteiger partial charge in [-0.1, -0.05) is 62.8 Å². The van der Waals surface area contributed by atoms with Gasteiger partial charge in [0.2, 0.25) is 0 Å². The molecule has 0 amide bonds. The maximum Gasteiger partial charge on any atom is 0.150 e. The van der Waals surface area contributed by atoms with Crippen LogP contribution < -0.4 is 0 Å². The van der Waals surface area contributed by atoms with Gasteiger partial charge in [0.25, 0.3) is 0 Å². The lowest BCUT2D eigenvalue weighted by atomic mass is 9.78. The topological polar surface area (TPSA) is 17.1 Å². The summed E-state index contributed by atoms with van der Waals surface area (Å²) in [5, 5.41) is 0. The van der Waals surface area contributed by atoms with Crippen molar-refractivity contribution in [2.24, 2.45) is 5.41 Å². The van der Waals surface area contributed by atoms with Crippen molar-refractivity contribution in [1.29, 1.82) is 0 Å². The van der Waals surface area contributed by atoms with E-state index in [4.69, 9.17) is 0 Å². The van der Waals surface area contributed by atoms with E-state index in [1.165, 1.54) is 42.4 Å². The van der Waals surface area contributed by atoms with Gasteiger partial charge in [-0.05, 0) is 55.1 Å². The molecule has 22 heavy (non-hydrogen) atoms. The molecule has 1 nitrogen and oxygen atoms in total. The number of rotatable bonds is 5. The zero-order valence-corrected chi connectivity index (χ0v) is 14.2. The minimum Gasteiger partial charge on any atom is -0.298 e. The maximum absolute atomic E-state index is 10.8. The Morgan fingerprint density at radius 1 is 1.14 bits per heavy atom. The summed E-state index contributed by atoms with van der Waals surface area (Å²) in [5.41, 5.74) is 5.32. The van der Waals surface area contributed by atoms with Crippen molar-refractivity contribution in [2.75, 3.05) is 0 Å². The Morgan fingerprint density at radius 2 is 1.86 bits per heavy atom. The van der Waals surface area contributed by atoms with Gasteiger partial charge in [-0.2, -0.15) is 0 Å². The molecule has 0 radical (unpaired) electrons. The second-order valence-electron chi connectivity index (χ2n) is 6.98. The Balaban J connectivity index is 2.21. The summed E-state index contributed by atoms with van der Waals surface area (Å²) >= 11 is 0. The van der Waals surface area contributed by atoms with E-state index in [1.54, 1.807) is 0 Å². The van der Waals surface area contributed by atoms with Crippen LogP contribution in [0.2, 0.25) is 0 Å². The molecule has 0 aromatic heterocycles. The van der Waals surface area contributed by atoms with Crippen molar-refractivity contribution in [3.05, 3.63) is 58.7 Å². The standard InChI is InChI=1S/C21H28O/c1-4-21(2,3)20-9-7-5-6-8-19(15-20)14-17-10-12-18(16-22)13-11-17/h9-13,15-16H,4-8,14H2,1-3H3. The van der Waals surface area contributed by atoms with Crippen molar-refractivity contribution < 1.29 is 4.79 Å². The van der Waals surface area contributed by atoms with Crippen LogP contribution in [0.1, 0.15) is 68.8 Å². The zero-order valence-electron chi connectivity index (χ0n) is 14.2. The lowest BCUT2D eigenvalue weighted by molar-refractivity contribution is 0.112. The molecule has 1 aromatic carbocycles. The molecule has 0 atom stereocenters. The average Bonchev–Trinajstić information content (AvgIpc) is 2.50. The van der Waals surface area contributed by atoms with Crippen LogP contribution in [0, 0.1) is 5.41 Å². The van der Waals surface area contributed by atoms with E-state index < -0.39 is 0 Å². The first-order valence-electron chi connectivity index (χ1n) is 8.49. The molecule has 0 spiro atoms. The Bertz CT molecular complexity index is 558. The minimum atomic E-state index is 0.254. The molecule has 0 unspecified atom stereocenters. The number of carbonyl (C=O) groups excluding carboxylic acids is 1. The zero-order chi connectivity index (χ0) is 16.0. The number of hydrogen-bond acceptors (Lipinski definition) is 1. The van der Waals surface area contributed by atoms with Crippen LogP contribution >= 0.6 is 0 Å². The van der Waals surface area contributed by atoms with E-state index in [2.05, 4.69) is 45.1 Å². The molecule has 0 aliphatic heterocycles. The van der Waals surface area contributed by atoms with Gasteiger partial charge in [-0.25, -0.2) is 0 Å². The van der Waals surface area contributed by atoms with Gasteiger partial charge in [0.05, 0.1) is 0 Å². The summed E-state index contributed by atoms with van der Waals surface area (Å²) < 4.78 is 0. The van der Waals surface area contributed by atoms with E-state index in [0.29, 0.717) is 0 Å². The highest BCUT2D eigenvalue weighted by molar-refractivity contribution is 5.74. The fourth-order valence-corrected chi connectivity index (χ4v) is 2.90. The third-order valence-corrected chi connectivity index (χ3v) is 4.89. The molecular formula is C21H28O. The summed E-state index contributed by atoms with van der Waals surface area (Å²) in [5.74, 6) is 0. The minimum absolute atomic E-state index is 0.254. The fraction of sp³-hybridized carbons (Fsp3) is 0.476. The summed E-state index contributed by atoms with van der Waals surface area (Å²) in [4.78, 5) is 10.8. The summed E-state index contributed by atoms with van der Waals surface area (Å²) in [6, 6.07) is 7.99. The van der Waals surface area contributed by atoms with Crippen molar-refractivity contribution >= 4 is 6.29 Å². The number of benzene rings is 1. The average molecular weight is 296 g/mol. The van der Waals surface area contributed by atoms with Crippen molar-refractivity contribution in [3.63, 3.8) is 0 Å². The van der Waals surface area contributed by atoms with Crippen LogP contribution in [0.4, 0.5) is 0 Å². The molecule has 0 saturated heterocycles. The molecule has 1 aliphatic rings. The molecule has 0 fully saturated rings. The quantitative estimate of drug-likeness (QED) is 0.618. The third kappa shape index (κ3) is 4.43. The molecule has 0 bridgehead atoms. The van der Waals surface area contributed by atoms with Crippen molar-refractivity contribution in [2.45, 2.75) is 59.3 Å². The van der Waals surface area contributed by atoms with E-state index in [9.17, 15) is 4.79 Å². The monoisotopic (exact) mass is 296 g/mol. The molecule has 0 heterocycles. The lowest BCUT2D eigenvalue weighted by Gasteiger charge is -2.27. The normalized spacial score (nSPS) is 16.3.